The zero-order valence-corrected chi connectivity index (χ0v) is 13.0. The van der Waals surface area contributed by atoms with Gasteiger partial charge < -0.3 is 4.90 Å². The summed E-state index contributed by atoms with van der Waals surface area (Å²) in [6.07, 6.45) is 3.96. The lowest BCUT2D eigenvalue weighted by atomic mass is 9.85. The molecule has 2 aromatic carbocycles. The van der Waals surface area contributed by atoms with E-state index in [2.05, 4.69) is 29.2 Å². The predicted octanol–water partition coefficient (Wildman–Crippen LogP) is 4.78. The number of rotatable bonds is 3. The van der Waals surface area contributed by atoms with Crippen molar-refractivity contribution in [2.45, 2.75) is 31.7 Å². The molecule has 1 aliphatic rings. The van der Waals surface area contributed by atoms with Gasteiger partial charge in [0.1, 0.15) is 0 Å². The van der Waals surface area contributed by atoms with Crippen molar-refractivity contribution in [3.05, 3.63) is 60.2 Å². The highest BCUT2D eigenvalue weighted by molar-refractivity contribution is 5.65. The van der Waals surface area contributed by atoms with Crippen LogP contribution in [-0.4, -0.2) is 6.04 Å². The number of para-hydroxylation sites is 1. The lowest BCUT2D eigenvalue weighted by Crippen LogP contribution is -2.34. The van der Waals surface area contributed by atoms with Crippen molar-refractivity contribution < 1.29 is 0 Å². The maximum atomic E-state index is 9.11. The van der Waals surface area contributed by atoms with E-state index in [0.717, 1.165) is 37.1 Å². The molecule has 3 heteroatoms. The number of nitrogens with zero attached hydrogens (tertiary/aromatic N) is 3. The molecule has 114 valence electrons. The monoisotopic (exact) mass is 301 g/mol. The summed E-state index contributed by atoms with van der Waals surface area (Å²) in [5, 5.41) is 18.1. The first-order chi connectivity index (χ1) is 11.3. The summed E-state index contributed by atoms with van der Waals surface area (Å²) < 4.78 is 0. The molecule has 1 aliphatic carbocycles. The minimum Gasteiger partial charge on any atom is -0.338 e. The van der Waals surface area contributed by atoms with Gasteiger partial charge >= 0.3 is 0 Å². The molecule has 0 unspecified atom stereocenters. The van der Waals surface area contributed by atoms with E-state index in [4.69, 9.17) is 10.5 Å². The van der Waals surface area contributed by atoms with Crippen molar-refractivity contribution >= 4 is 11.4 Å². The van der Waals surface area contributed by atoms with Crippen LogP contribution in [0.15, 0.2) is 54.6 Å². The van der Waals surface area contributed by atoms with Crippen LogP contribution in [0.5, 0.6) is 0 Å². The average Bonchev–Trinajstić information content (AvgIpc) is 2.64. The van der Waals surface area contributed by atoms with Gasteiger partial charge in [-0.2, -0.15) is 10.5 Å². The van der Waals surface area contributed by atoms with Crippen molar-refractivity contribution in [2.24, 2.45) is 5.92 Å². The number of hydrogen-bond acceptors (Lipinski definition) is 3. The quantitative estimate of drug-likeness (QED) is 0.819. The average molecular weight is 301 g/mol. The third-order valence-corrected chi connectivity index (χ3v) is 4.55. The van der Waals surface area contributed by atoms with Gasteiger partial charge in [-0.05, 0) is 62.1 Å². The summed E-state index contributed by atoms with van der Waals surface area (Å²) in [6.45, 7) is 0. The minimum absolute atomic E-state index is 0.199. The molecular formula is C20H19N3. The molecule has 1 saturated carbocycles. The molecule has 0 spiro atoms. The van der Waals surface area contributed by atoms with Crippen LogP contribution in [0.3, 0.4) is 0 Å². The van der Waals surface area contributed by atoms with E-state index in [9.17, 15) is 0 Å². The molecular weight excluding hydrogens is 282 g/mol. The first kappa shape index (κ1) is 15.1. The molecule has 0 bridgehead atoms. The van der Waals surface area contributed by atoms with Crippen molar-refractivity contribution in [1.29, 1.82) is 10.5 Å². The Morgan fingerprint density at radius 2 is 1.39 bits per heavy atom. The largest absolute Gasteiger partial charge is 0.338 e. The van der Waals surface area contributed by atoms with Crippen LogP contribution in [0.4, 0.5) is 11.4 Å². The van der Waals surface area contributed by atoms with Crippen LogP contribution in [0.1, 0.15) is 31.2 Å². The number of nitriles is 2. The van der Waals surface area contributed by atoms with E-state index in [1.54, 1.807) is 0 Å². The third kappa shape index (κ3) is 3.35. The Balaban J connectivity index is 1.91. The van der Waals surface area contributed by atoms with E-state index in [0.29, 0.717) is 11.6 Å². The second kappa shape index (κ2) is 6.99. The summed E-state index contributed by atoms with van der Waals surface area (Å²) in [6, 6.07) is 23.1. The summed E-state index contributed by atoms with van der Waals surface area (Å²) in [5.74, 6) is 0.199. The minimum atomic E-state index is 0.199. The molecule has 23 heavy (non-hydrogen) atoms. The molecule has 3 nitrogen and oxygen atoms in total. The Kier molecular flexibility index (Phi) is 4.60. The molecule has 0 heterocycles. The van der Waals surface area contributed by atoms with Crippen LogP contribution < -0.4 is 4.90 Å². The lowest BCUT2D eigenvalue weighted by molar-refractivity contribution is 0.378. The van der Waals surface area contributed by atoms with Crippen LogP contribution in [-0.2, 0) is 0 Å². The van der Waals surface area contributed by atoms with Crippen molar-refractivity contribution in [3.63, 3.8) is 0 Å². The van der Waals surface area contributed by atoms with Gasteiger partial charge in [0.05, 0.1) is 17.7 Å². The normalized spacial score (nSPS) is 20.3. The second-order valence-electron chi connectivity index (χ2n) is 6.00. The fourth-order valence-electron chi connectivity index (χ4n) is 3.32. The second-order valence-corrected chi connectivity index (χ2v) is 6.00. The van der Waals surface area contributed by atoms with Crippen LogP contribution >= 0.6 is 0 Å². The highest BCUT2D eigenvalue weighted by Gasteiger charge is 2.27. The van der Waals surface area contributed by atoms with Crippen molar-refractivity contribution in [3.8, 4) is 12.1 Å². The van der Waals surface area contributed by atoms with Gasteiger partial charge in [0.15, 0.2) is 0 Å². The number of benzene rings is 2. The molecule has 0 amide bonds. The van der Waals surface area contributed by atoms with Crippen molar-refractivity contribution in [2.75, 3.05) is 4.90 Å². The van der Waals surface area contributed by atoms with Crippen LogP contribution in [0.25, 0.3) is 0 Å². The fourth-order valence-corrected chi connectivity index (χ4v) is 3.32. The van der Waals surface area contributed by atoms with E-state index < -0.39 is 0 Å². The fraction of sp³-hybridized carbons (Fsp3) is 0.300. The first-order valence-corrected chi connectivity index (χ1v) is 8.06. The molecule has 0 atom stereocenters. The number of hydrogen-bond donors (Lipinski definition) is 0. The van der Waals surface area contributed by atoms with Gasteiger partial charge in [0.25, 0.3) is 0 Å². The molecule has 2 aromatic rings. The van der Waals surface area contributed by atoms with Gasteiger partial charge in [0.2, 0.25) is 0 Å². The summed E-state index contributed by atoms with van der Waals surface area (Å²) in [5.41, 5.74) is 2.95. The maximum Gasteiger partial charge on any atom is 0.0991 e. The van der Waals surface area contributed by atoms with E-state index in [1.165, 1.54) is 0 Å². The van der Waals surface area contributed by atoms with Gasteiger partial charge in [-0.15, -0.1) is 0 Å². The van der Waals surface area contributed by atoms with Gasteiger partial charge in [-0.3, -0.25) is 0 Å². The zero-order chi connectivity index (χ0) is 16.1. The maximum absolute atomic E-state index is 9.11. The lowest BCUT2D eigenvalue weighted by Gasteiger charge is -2.37. The van der Waals surface area contributed by atoms with Gasteiger partial charge in [0, 0.05) is 23.3 Å². The zero-order valence-electron chi connectivity index (χ0n) is 13.0. The summed E-state index contributed by atoms with van der Waals surface area (Å²) >= 11 is 0. The Hall–Kier alpha value is -2.78. The molecule has 0 aromatic heterocycles. The van der Waals surface area contributed by atoms with Crippen LogP contribution in [0, 0.1) is 28.6 Å². The van der Waals surface area contributed by atoms with Crippen LogP contribution in [0.2, 0.25) is 0 Å². The molecule has 1 fully saturated rings. The van der Waals surface area contributed by atoms with E-state index >= 15 is 0 Å². The predicted molar refractivity (Wildman–Crippen MR) is 91.1 cm³/mol. The Bertz CT molecular complexity index is 714. The van der Waals surface area contributed by atoms with Gasteiger partial charge in [-0.25, -0.2) is 0 Å². The molecule has 0 radical (unpaired) electrons. The van der Waals surface area contributed by atoms with E-state index in [1.807, 2.05) is 42.5 Å². The van der Waals surface area contributed by atoms with Crippen molar-refractivity contribution in [1.82, 2.24) is 0 Å². The summed E-state index contributed by atoms with van der Waals surface area (Å²) in [4.78, 5) is 2.36. The topological polar surface area (TPSA) is 50.8 Å². The molecule has 0 saturated heterocycles. The standard InChI is InChI=1S/C20H19N3/c21-14-16-6-10-19(11-7-16)23(18-4-2-1-3-5-18)20-12-8-17(15-22)9-13-20/h1-7,10-11,17,20H,8-9,12-13H2. The highest BCUT2D eigenvalue weighted by atomic mass is 15.2. The Morgan fingerprint density at radius 1 is 0.783 bits per heavy atom. The highest BCUT2D eigenvalue weighted by Crippen LogP contribution is 2.35. The first-order valence-electron chi connectivity index (χ1n) is 8.06. The molecule has 0 N–H and O–H groups in total. The smallest absolute Gasteiger partial charge is 0.0991 e. The third-order valence-electron chi connectivity index (χ3n) is 4.55. The Morgan fingerprint density at radius 3 is 1.96 bits per heavy atom. The molecule has 3 rings (SSSR count). The SMILES string of the molecule is N#Cc1ccc(N(c2ccccc2)C2CCC(C#N)CC2)cc1. The summed E-state index contributed by atoms with van der Waals surface area (Å²) in [7, 11) is 0. The van der Waals surface area contributed by atoms with Gasteiger partial charge in [-0.1, -0.05) is 18.2 Å². The Labute approximate surface area is 137 Å². The molecule has 0 aliphatic heterocycles. The van der Waals surface area contributed by atoms with E-state index in [-0.39, 0.29) is 5.92 Å². The number of anilines is 2.